The van der Waals surface area contributed by atoms with E-state index in [9.17, 15) is 21.6 Å². The van der Waals surface area contributed by atoms with Crippen molar-refractivity contribution < 1.29 is 21.6 Å². The highest BCUT2D eigenvalue weighted by Crippen LogP contribution is 2.26. The smallest absolute Gasteiger partial charge is 0.243 e. The molecule has 0 spiro atoms. The fourth-order valence-corrected chi connectivity index (χ4v) is 5.67. The summed E-state index contributed by atoms with van der Waals surface area (Å²) in [5, 5.41) is 2.78. The number of hydrogen-bond donors (Lipinski definition) is 2. The van der Waals surface area contributed by atoms with Crippen LogP contribution in [0.2, 0.25) is 0 Å². The average Bonchev–Trinajstić information content (AvgIpc) is 2.75. The molecule has 1 fully saturated rings. The number of benzene rings is 2. The maximum Gasteiger partial charge on any atom is 0.243 e. The molecule has 2 N–H and O–H groups in total. The molecule has 30 heavy (non-hydrogen) atoms. The van der Waals surface area contributed by atoms with Gasteiger partial charge in [0.05, 0.1) is 15.7 Å². The van der Waals surface area contributed by atoms with Crippen molar-refractivity contribution in [2.75, 3.05) is 25.5 Å². The molecule has 0 radical (unpaired) electrons. The van der Waals surface area contributed by atoms with Crippen LogP contribution in [0.1, 0.15) is 18.4 Å². The van der Waals surface area contributed by atoms with Gasteiger partial charge in [0, 0.05) is 18.8 Å². The molecule has 3 rings (SSSR count). The number of anilines is 1. The van der Waals surface area contributed by atoms with E-state index in [4.69, 9.17) is 0 Å². The van der Waals surface area contributed by atoms with Crippen molar-refractivity contribution in [3.63, 3.8) is 0 Å². The van der Waals surface area contributed by atoms with E-state index < -0.39 is 26.0 Å². The third kappa shape index (κ3) is 4.72. The van der Waals surface area contributed by atoms with Gasteiger partial charge in [0.1, 0.15) is 0 Å². The van der Waals surface area contributed by atoms with Gasteiger partial charge in [-0.05, 0) is 56.6 Å². The van der Waals surface area contributed by atoms with E-state index in [1.165, 1.54) is 35.6 Å². The largest absolute Gasteiger partial charge is 0.326 e. The lowest BCUT2D eigenvalue weighted by molar-refractivity contribution is -0.120. The molecule has 1 amide bonds. The van der Waals surface area contributed by atoms with Crippen molar-refractivity contribution in [3.8, 4) is 0 Å². The third-order valence-corrected chi connectivity index (χ3v) is 8.47. The Morgan fingerprint density at radius 2 is 1.73 bits per heavy atom. The number of rotatable bonds is 6. The highest BCUT2D eigenvalue weighted by atomic mass is 32.2. The summed E-state index contributed by atoms with van der Waals surface area (Å²) in [4.78, 5) is 13.1. The van der Waals surface area contributed by atoms with Crippen molar-refractivity contribution in [2.24, 2.45) is 5.92 Å². The fourth-order valence-electron chi connectivity index (χ4n) is 3.37. The Morgan fingerprint density at radius 3 is 2.40 bits per heavy atom. The number of carbonyl (C=O) groups excluding carboxylic acids is 1. The Hall–Kier alpha value is -2.27. The predicted octanol–water partition coefficient (Wildman–Crippen LogP) is 1.94. The first kappa shape index (κ1) is 22.4. The standard InChI is InChI=1S/C20H25N3O5S2/c1-15-10-11-18(29(25,26)21-2)13-19(15)22-20(24)16-7-6-12-23(14-16)30(27,28)17-8-4-3-5-9-17/h3-5,8-11,13,16,21H,6-7,12,14H2,1-2H3,(H,22,24)/t16-/m0/s1. The lowest BCUT2D eigenvalue weighted by Gasteiger charge is -2.31. The quantitative estimate of drug-likeness (QED) is 0.697. The van der Waals surface area contributed by atoms with Crippen molar-refractivity contribution in [2.45, 2.75) is 29.6 Å². The number of amides is 1. The molecule has 1 aliphatic rings. The second kappa shape index (κ2) is 8.84. The number of carbonyl (C=O) groups is 1. The van der Waals surface area contributed by atoms with Gasteiger partial charge in [-0.1, -0.05) is 24.3 Å². The topological polar surface area (TPSA) is 113 Å². The first-order valence-electron chi connectivity index (χ1n) is 9.55. The Balaban J connectivity index is 1.77. The molecule has 1 aliphatic heterocycles. The number of nitrogens with zero attached hydrogens (tertiary/aromatic N) is 1. The molecule has 0 aromatic heterocycles. The van der Waals surface area contributed by atoms with Crippen LogP contribution in [0.15, 0.2) is 58.3 Å². The monoisotopic (exact) mass is 451 g/mol. The van der Waals surface area contributed by atoms with Crippen LogP contribution in [0.3, 0.4) is 0 Å². The van der Waals surface area contributed by atoms with Gasteiger partial charge in [0.2, 0.25) is 26.0 Å². The molecule has 1 saturated heterocycles. The summed E-state index contributed by atoms with van der Waals surface area (Å²) >= 11 is 0. The van der Waals surface area contributed by atoms with E-state index in [-0.39, 0.29) is 22.2 Å². The SMILES string of the molecule is CNS(=O)(=O)c1ccc(C)c(NC(=O)[C@H]2CCCN(S(=O)(=O)c3ccccc3)C2)c1. The number of nitrogens with one attached hydrogen (secondary N) is 2. The van der Waals surface area contributed by atoms with Crippen LogP contribution in [-0.4, -0.2) is 47.2 Å². The number of piperidine rings is 1. The van der Waals surface area contributed by atoms with E-state index in [0.29, 0.717) is 30.6 Å². The number of hydrogen-bond acceptors (Lipinski definition) is 5. The van der Waals surface area contributed by atoms with Crippen molar-refractivity contribution in [1.82, 2.24) is 9.03 Å². The summed E-state index contributed by atoms with van der Waals surface area (Å²) in [6.45, 7) is 2.20. The van der Waals surface area contributed by atoms with Gasteiger partial charge < -0.3 is 5.32 Å². The van der Waals surface area contributed by atoms with Gasteiger partial charge in [-0.3, -0.25) is 4.79 Å². The minimum atomic E-state index is -3.67. The second-order valence-electron chi connectivity index (χ2n) is 7.19. The third-order valence-electron chi connectivity index (χ3n) is 5.18. The highest BCUT2D eigenvalue weighted by Gasteiger charge is 2.33. The van der Waals surface area contributed by atoms with Crippen LogP contribution in [0.5, 0.6) is 0 Å². The second-order valence-corrected chi connectivity index (χ2v) is 11.0. The molecule has 2 aromatic rings. The summed E-state index contributed by atoms with van der Waals surface area (Å²) < 4.78 is 53.4. The molecule has 1 atom stereocenters. The normalized spacial score (nSPS) is 18.1. The van der Waals surface area contributed by atoms with Crippen molar-refractivity contribution in [1.29, 1.82) is 0 Å². The first-order chi connectivity index (χ1) is 14.1. The van der Waals surface area contributed by atoms with Crippen molar-refractivity contribution in [3.05, 3.63) is 54.1 Å². The molecule has 0 bridgehead atoms. The zero-order valence-electron chi connectivity index (χ0n) is 16.8. The fraction of sp³-hybridized carbons (Fsp3) is 0.350. The van der Waals surface area contributed by atoms with Gasteiger partial charge in [0.15, 0.2) is 0 Å². The zero-order valence-corrected chi connectivity index (χ0v) is 18.5. The molecule has 162 valence electrons. The van der Waals surface area contributed by atoms with E-state index in [2.05, 4.69) is 10.0 Å². The summed E-state index contributed by atoms with van der Waals surface area (Å²) in [6, 6.07) is 12.6. The summed E-state index contributed by atoms with van der Waals surface area (Å²) in [5.74, 6) is -0.855. The predicted molar refractivity (Wildman–Crippen MR) is 114 cm³/mol. The van der Waals surface area contributed by atoms with E-state index in [1.807, 2.05) is 0 Å². The van der Waals surface area contributed by atoms with E-state index >= 15 is 0 Å². The van der Waals surface area contributed by atoms with Gasteiger partial charge in [-0.2, -0.15) is 4.31 Å². The van der Waals surface area contributed by atoms with Crippen LogP contribution in [0.4, 0.5) is 5.69 Å². The molecule has 0 saturated carbocycles. The maximum atomic E-state index is 12.9. The molecule has 1 heterocycles. The van der Waals surface area contributed by atoms with Gasteiger partial charge in [0.25, 0.3) is 0 Å². The average molecular weight is 452 g/mol. The van der Waals surface area contributed by atoms with Crippen LogP contribution in [0, 0.1) is 12.8 Å². The Labute approximate surface area is 177 Å². The Kier molecular flexibility index (Phi) is 6.61. The zero-order chi connectivity index (χ0) is 21.9. The Morgan fingerprint density at radius 1 is 1.03 bits per heavy atom. The lowest BCUT2D eigenvalue weighted by atomic mass is 9.98. The highest BCUT2D eigenvalue weighted by molar-refractivity contribution is 7.89. The lowest BCUT2D eigenvalue weighted by Crippen LogP contribution is -2.43. The summed E-state index contributed by atoms with van der Waals surface area (Å²) in [6.07, 6.45) is 1.12. The summed E-state index contributed by atoms with van der Waals surface area (Å²) in [5.41, 5.74) is 1.10. The minimum absolute atomic E-state index is 0.0443. The first-order valence-corrected chi connectivity index (χ1v) is 12.5. The summed E-state index contributed by atoms with van der Waals surface area (Å²) in [7, 11) is -6.00. The van der Waals surface area contributed by atoms with Gasteiger partial charge in [-0.25, -0.2) is 21.6 Å². The molecule has 10 heteroatoms. The van der Waals surface area contributed by atoms with Crippen LogP contribution < -0.4 is 10.0 Å². The van der Waals surface area contributed by atoms with Crippen LogP contribution in [-0.2, 0) is 24.8 Å². The van der Waals surface area contributed by atoms with Crippen LogP contribution in [0.25, 0.3) is 0 Å². The molecule has 0 aliphatic carbocycles. The molecular weight excluding hydrogens is 426 g/mol. The molecular formula is C20H25N3O5S2. The number of aryl methyl sites for hydroxylation is 1. The molecule has 8 nitrogen and oxygen atoms in total. The maximum absolute atomic E-state index is 12.9. The van der Waals surface area contributed by atoms with Gasteiger partial charge in [-0.15, -0.1) is 0 Å². The molecule has 2 aromatic carbocycles. The van der Waals surface area contributed by atoms with Crippen molar-refractivity contribution >= 4 is 31.6 Å². The Bertz CT molecular complexity index is 1130. The molecule has 0 unspecified atom stereocenters. The number of sulfonamides is 2. The van der Waals surface area contributed by atoms with Gasteiger partial charge >= 0.3 is 0 Å². The van der Waals surface area contributed by atoms with E-state index in [1.54, 1.807) is 31.2 Å². The minimum Gasteiger partial charge on any atom is -0.326 e. The van der Waals surface area contributed by atoms with E-state index in [0.717, 1.165) is 0 Å². The van der Waals surface area contributed by atoms with Crippen LogP contribution >= 0.6 is 0 Å².